The molecule has 0 aliphatic rings. The summed E-state index contributed by atoms with van der Waals surface area (Å²) < 4.78 is 0. The molecule has 18 heavy (non-hydrogen) atoms. The summed E-state index contributed by atoms with van der Waals surface area (Å²) >= 11 is 3.99. The Kier molecular flexibility index (Phi) is 10.9. The van der Waals surface area contributed by atoms with E-state index in [1.165, 1.54) is 5.57 Å². The predicted octanol–water partition coefficient (Wildman–Crippen LogP) is 2.66. The lowest BCUT2D eigenvalue weighted by atomic mass is 10.2. The van der Waals surface area contributed by atoms with Gasteiger partial charge in [0.25, 0.3) is 0 Å². The quantitative estimate of drug-likeness (QED) is 0.445. The van der Waals surface area contributed by atoms with Crippen molar-refractivity contribution in [2.75, 3.05) is 13.1 Å². The summed E-state index contributed by atoms with van der Waals surface area (Å²) in [5.41, 5.74) is 1.23. The molecule has 0 aliphatic heterocycles. The number of thiol groups is 1. The van der Waals surface area contributed by atoms with Crippen LogP contribution in [0.25, 0.3) is 0 Å². The summed E-state index contributed by atoms with van der Waals surface area (Å²) in [5.74, 6) is 0.100. The molecule has 0 saturated heterocycles. The highest BCUT2D eigenvalue weighted by atomic mass is 32.1. The molecule has 1 amide bonds. The van der Waals surface area contributed by atoms with E-state index in [4.69, 9.17) is 0 Å². The molecule has 0 bridgehead atoms. The molecule has 0 unspecified atom stereocenters. The van der Waals surface area contributed by atoms with Gasteiger partial charge in [-0.2, -0.15) is 12.6 Å². The molecule has 0 aromatic rings. The zero-order chi connectivity index (χ0) is 13.8. The standard InChI is InChI=1S/C14H26N2OS/c1-4-9-15-13(5-2)14(17)16-10-8-12(3)7-6-11-18/h6-7,11,13,15,18H,4-5,8-10H2,1-3H3,(H,16,17)/b11-6-,12-7+/t13-/m0/s1. The molecular formula is C14H26N2OS. The molecule has 2 N–H and O–H groups in total. The smallest absolute Gasteiger partial charge is 0.237 e. The van der Waals surface area contributed by atoms with Crippen molar-refractivity contribution in [1.82, 2.24) is 10.6 Å². The lowest BCUT2D eigenvalue weighted by Crippen LogP contribution is -2.44. The minimum absolute atomic E-state index is 0.0634. The van der Waals surface area contributed by atoms with Gasteiger partial charge in [0.1, 0.15) is 0 Å². The number of hydrogen-bond acceptors (Lipinski definition) is 3. The van der Waals surface area contributed by atoms with E-state index in [1.54, 1.807) is 5.41 Å². The van der Waals surface area contributed by atoms with Gasteiger partial charge in [-0.05, 0) is 38.1 Å². The first-order chi connectivity index (χ1) is 8.65. The second kappa shape index (κ2) is 11.4. The number of nitrogens with one attached hydrogen (secondary N) is 2. The molecule has 0 aromatic carbocycles. The first-order valence-electron chi connectivity index (χ1n) is 6.63. The Morgan fingerprint density at radius 1 is 1.33 bits per heavy atom. The van der Waals surface area contributed by atoms with Gasteiger partial charge in [-0.1, -0.05) is 31.6 Å². The van der Waals surface area contributed by atoms with Crippen LogP contribution in [0.1, 0.15) is 40.0 Å². The van der Waals surface area contributed by atoms with Gasteiger partial charge in [-0.15, -0.1) is 0 Å². The first-order valence-corrected chi connectivity index (χ1v) is 7.14. The molecule has 0 heterocycles. The van der Waals surface area contributed by atoms with Gasteiger partial charge in [-0.3, -0.25) is 4.79 Å². The van der Waals surface area contributed by atoms with E-state index >= 15 is 0 Å². The third kappa shape index (κ3) is 8.37. The van der Waals surface area contributed by atoms with E-state index in [0.29, 0.717) is 6.54 Å². The first kappa shape index (κ1) is 17.3. The van der Waals surface area contributed by atoms with Crippen molar-refractivity contribution in [2.24, 2.45) is 0 Å². The molecular weight excluding hydrogens is 244 g/mol. The van der Waals surface area contributed by atoms with Crippen LogP contribution >= 0.6 is 12.6 Å². The van der Waals surface area contributed by atoms with Crippen LogP contribution in [0.4, 0.5) is 0 Å². The van der Waals surface area contributed by atoms with Crippen molar-refractivity contribution >= 4 is 18.5 Å². The topological polar surface area (TPSA) is 41.1 Å². The summed E-state index contributed by atoms with van der Waals surface area (Å²) in [7, 11) is 0. The molecule has 0 spiro atoms. The van der Waals surface area contributed by atoms with Crippen LogP contribution in [-0.4, -0.2) is 25.0 Å². The largest absolute Gasteiger partial charge is 0.354 e. The normalized spacial score (nSPS) is 13.9. The van der Waals surface area contributed by atoms with E-state index in [9.17, 15) is 4.79 Å². The number of carbonyl (C=O) groups excluding carboxylic acids is 1. The summed E-state index contributed by atoms with van der Waals surface area (Å²) in [6.07, 6.45) is 6.63. The lowest BCUT2D eigenvalue weighted by Gasteiger charge is -2.16. The lowest BCUT2D eigenvalue weighted by molar-refractivity contribution is -0.123. The second-order valence-electron chi connectivity index (χ2n) is 4.31. The van der Waals surface area contributed by atoms with Gasteiger partial charge >= 0.3 is 0 Å². The molecule has 0 saturated carbocycles. The van der Waals surface area contributed by atoms with Crippen LogP contribution in [0.15, 0.2) is 23.1 Å². The molecule has 3 nitrogen and oxygen atoms in total. The molecule has 0 rings (SSSR count). The Balaban J connectivity index is 3.93. The zero-order valence-corrected chi connectivity index (χ0v) is 12.6. The molecule has 0 aliphatic carbocycles. The fraction of sp³-hybridized carbons (Fsp3) is 0.643. The van der Waals surface area contributed by atoms with Gasteiger partial charge in [-0.25, -0.2) is 0 Å². The number of carbonyl (C=O) groups is 1. The Labute approximate surface area is 117 Å². The number of hydrogen-bond donors (Lipinski definition) is 3. The summed E-state index contributed by atoms with van der Waals surface area (Å²) in [6, 6.07) is -0.0634. The van der Waals surface area contributed by atoms with Crippen molar-refractivity contribution in [1.29, 1.82) is 0 Å². The molecule has 0 fully saturated rings. The second-order valence-corrected chi connectivity index (χ2v) is 4.61. The molecule has 1 atom stereocenters. The Morgan fingerprint density at radius 3 is 2.61 bits per heavy atom. The molecule has 0 radical (unpaired) electrons. The molecule has 0 aromatic heterocycles. The fourth-order valence-electron chi connectivity index (χ4n) is 1.54. The van der Waals surface area contributed by atoms with Gasteiger partial charge in [0.2, 0.25) is 5.91 Å². The molecule has 104 valence electrons. The van der Waals surface area contributed by atoms with Crippen molar-refractivity contribution < 1.29 is 4.79 Å². The van der Waals surface area contributed by atoms with Crippen LogP contribution in [-0.2, 0) is 4.79 Å². The van der Waals surface area contributed by atoms with Crippen molar-refractivity contribution in [3.63, 3.8) is 0 Å². The van der Waals surface area contributed by atoms with Crippen LogP contribution in [0.2, 0.25) is 0 Å². The monoisotopic (exact) mass is 270 g/mol. The molecule has 4 heteroatoms. The summed E-state index contributed by atoms with van der Waals surface area (Å²) in [4.78, 5) is 11.9. The van der Waals surface area contributed by atoms with Gasteiger partial charge in [0, 0.05) is 6.54 Å². The van der Waals surface area contributed by atoms with Crippen LogP contribution in [0, 0.1) is 0 Å². The Morgan fingerprint density at radius 2 is 2.06 bits per heavy atom. The zero-order valence-electron chi connectivity index (χ0n) is 11.7. The highest BCUT2D eigenvalue weighted by molar-refractivity contribution is 7.83. The van der Waals surface area contributed by atoms with E-state index in [0.717, 1.165) is 25.8 Å². The minimum atomic E-state index is -0.0634. The van der Waals surface area contributed by atoms with Crippen LogP contribution in [0.3, 0.4) is 0 Å². The van der Waals surface area contributed by atoms with Crippen LogP contribution in [0.5, 0.6) is 0 Å². The van der Waals surface area contributed by atoms with E-state index in [2.05, 4.69) is 30.2 Å². The number of allylic oxidation sites excluding steroid dienone is 2. The Hall–Kier alpha value is -0.740. The van der Waals surface area contributed by atoms with Gasteiger partial charge < -0.3 is 10.6 Å². The number of rotatable bonds is 9. The maximum Gasteiger partial charge on any atom is 0.237 e. The SMILES string of the molecule is CCCN[C@@H](CC)C(=O)NCC/C(C)=C/C=C\S. The average molecular weight is 270 g/mol. The maximum atomic E-state index is 11.9. The van der Waals surface area contributed by atoms with Gasteiger partial charge in [0.15, 0.2) is 0 Å². The third-order valence-electron chi connectivity index (χ3n) is 2.65. The van der Waals surface area contributed by atoms with Crippen LogP contribution < -0.4 is 10.6 Å². The minimum Gasteiger partial charge on any atom is -0.354 e. The third-order valence-corrected chi connectivity index (χ3v) is 2.82. The average Bonchev–Trinajstić information content (AvgIpc) is 2.37. The predicted molar refractivity (Wildman–Crippen MR) is 81.9 cm³/mol. The summed E-state index contributed by atoms with van der Waals surface area (Å²) in [6.45, 7) is 7.74. The Bertz CT molecular complexity index is 288. The van der Waals surface area contributed by atoms with Crippen molar-refractivity contribution in [3.8, 4) is 0 Å². The highest BCUT2D eigenvalue weighted by Crippen LogP contribution is 1.99. The maximum absolute atomic E-state index is 11.9. The van der Waals surface area contributed by atoms with E-state index in [-0.39, 0.29) is 11.9 Å². The fourth-order valence-corrected chi connectivity index (χ4v) is 1.62. The number of amides is 1. The van der Waals surface area contributed by atoms with Crippen molar-refractivity contribution in [2.45, 2.75) is 46.1 Å². The van der Waals surface area contributed by atoms with E-state index < -0.39 is 0 Å². The van der Waals surface area contributed by atoms with E-state index in [1.807, 2.05) is 26.0 Å². The highest BCUT2D eigenvalue weighted by Gasteiger charge is 2.13. The van der Waals surface area contributed by atoms with Gasteiger partial charge in [0.05, 0.1) is 6.04 Å². The summed E-state index contributed by atoms with van der Waals surface area (Å²) in [5, 5.41) is 7.91. The van der Waals surface area contributed by atoms with Crippen molar-refractivity contribution in [3.05, 3.63) is 23.1 Å².